The van der Waals surface area contributed by atoms with Crippen LogP contribution < -0.4 is 10.9 Å². The van der Waals surface area contributed by atoms with Crippen LogP contribution in [0.5, 0.6) is 0 Å². The highest BCUT2D eigenvalue weighted by molar-refractivity contribution is 6.36. The third-order valence-corrected chi connectivity index (χ3v) is 5.43. The summed E-state index contributed by atoms with van der Waals surface area (Å²) in [5.41, 5.74) is 0.389. The van der Waals surface area contributed by atoms with Gasteiger partial charge in [0.05, 0.1) is 21.0 Å². The van der Waals surface area contributed by atoms with Crippen LogP contribution in [-0.2, 0) is 0 Å². The van der Waals surface area contributed by atoms with Crippen molar-refractivity contribution in [3.8, 4) is 5.69 Å². The molecule has 35 heavy (non-hydrogen) atoms. The molecule has 182 valence electrons. The van der Waals surface area contributed by atoms with E-state index in [1.54, 1.807) is 26.8 Å². The summed E-state index contributed by atoms with van der Waals surface area (Å²) in [6, 6.07) is 11.2. The van der Waals surface area contributed by atoms with Crippen molar-refractivity contribution in [2.75, 3.05) is 0 Å². The van der Waals surface area contributed by atoms with Crippen LogP contribution >= 0.6 is 23.2 Å². The molecule has 1 heterocycles. The molecule has 0 spiro atoms. The molecule has 0 aliphatic carbocycles. The van der Waals surface area contributed by atoms with Crippen LogP contribution in [0.15, 0.2) is 53.3 Å². The molecule has 0 saturated heterocycles. The Hall–Kier alpha value is -3.76. The zero-order chi connectivity index (χ0) is 26.1. The van der Waals surface area contributed by atoms with E-state index >= 15 is 0 Å². The van der Waals surface area contributed by atoms with Gasteiger partial charge in [-0.2, -0.15) is 5.10 Å². The fraction of sp³-hybridized carbons (Fsp3) is 0.217. The lowest BCUT2D eigenvalue weighted by atomic mass is 10.1. The Bertz CT molecular complexity index is 1400. The average Bonchev–Trinajstić information content (AvgIpc) is 2.76. The molecule has 3 aromatic rings. The molecule has 0 aliphatic heterocycles. The largest absolute Gasteiger partial charge is 0.294 e. The Balaban J connectivity index is 2.05. The minimum atomic E-state index is -0.976. The number of nitrogens with zero attached hydrogens (tertiary/aromatic N) is 4. The van der Waals surface area contributed by atoms with Gasteiger partial charge in [0, 0.05) is 22.8 Å². The van der Waals surface area contributed by atoms with Gasteiger partial charge in [0.15, 0.2) is 5.69 Å². The number of nitrogens with one attached hydrogen (secondary N) is 1. The molecular weight excluding hydrogens is 497 g/mol. The van der Waals surface area contributed by atoms with Crippen molar-refractivity contribution in [3.05, 3.63) is 95.9 Å². The summed E-state index contributed by atoms with van der Waals surface area (Å²) in [6.07, 6.45) is 0. The predicted octanol–water partition coefficient (Wildman–Crippen LogP) is 4.34. The molecule has 0 aliphatic rings. The maximum atomic E-state index is 13.2. The number of carbonyl (C=O) groups excluding carboxylic acids is 2. The van der Waals surface area contributed by atoms with Crippen molar-refractivity contribution in [1.29, 1.82) is 0 Å². The Morgan fingerprint density at radius 2 is 1.77 bits per heavy atom. The van der Waals surface area contributed by atoms with Gasteiger partial charge < -0.3 is 0 Å². The fourth-order valence-corrected chi connectivity index (χ4v) is 3.70. The van der Waals surface area contributed by atoms with Crippen molar-refractivity contribution in [3.63, 3.8) is 0 Å². The molecule has 2 aromatic carbocycles. The molecule has 0 bridgehead atoms. The summed E-state index contributed by atoms with van der Waals surface area (Å²) < 4.78 is 1.13. The van der Waals surface area contributed by atoms with Gasteiger partial charge in [-0.15, -0.1) is 0 Å². The van der Waals surface area contributed by atoms with E-state index < -0.39 is 33.4 Å². The third-order valence-electron chi connectivity index (χ3n) is 4.88. The highest BCUT2D eigenvalue weighted by Crippen LogP contribution is 2.25. The number of benzene rings is 2. The molecule has 0 radical (unpaired) electrons. The van der Waals surface area contributed by atoms with E-state index in [-0.39, 0.29) is 27.7 Å². The minimum absolute atomic E-state index is 0.0701. The van der Waals surface area contributed by atoms with Crippen molar-refractivity contribution in [2.24, 2.45) is 0 Å². The van der Waals surface area contributed by atoms with Crippen LogP contribution in [0.4, 0.5) is 5.69 Å². The molecule has 1 aromatic heterocycles. The summed E-state index contributed by atoms with van der Waals surface area (Å²) in [5.74, 6) is -1.62. The maximum absolute atomic E-state index is 13.2. The van der Waals surface area contributed by atoms with E-state index in [1.807, 2.05) is 0 Å². The summed E-state index contributed by atoms with van der Waals surface area (Å²) in [5, 5.41) is 17.0. The van der Waals surface area contributed by atoms with Gasteiger partial charge in [-0.3, -0.25) is 29.9 Å². The lowest BCUT2D eigenvalue weighted by molar-refractivity contribution is -0.384. The number of para-hydroxylation sites is 2. The van der Waals surface area contributed by atoms with Gasteiger partial charge >= 0.3 is 0 Å². The van der Waals surface area contributed by atoms with E-state index in [0.29, 0.717) is 5.02 Å². The number of rotatable bonds is 4. The average molecular weight is 518 g/mol. The van der Waals surface area contributed by atoms with E-state index in [2.05, 4.69) is 10.5 Å². The summed E-state index contributed by atoms with van der Waals surface area (Å²) >= 11 is 12.1. The van der Waals surface area contributed by atoms with Crippen molar-refractivity contribution >= 4 is 40.7 Å². The molecule has 1 N–H and O–H groups in total. The predicted molar refractivity (Wildman–Crippen MR) is 131 cm³/mol. The van der Waals surface area contributed by atoms with Crippen LogP contribution in [-0.4, -0.2) is 37.1 Å². The number of aryl methyl sites for hydroxylation is 1. The normalized spacial score (nSPS) is 11.1. The van der Waals surface area contributed by atoms with Gasteiger partial charge in [0.1, 0.15) is 5.69 Å². The van der Waals surface area contributed by atoms with Crippen LogP contribution in [0.2, 0.25) is 10.0 Å². The number of nitro benzene ring substituents is 1. The summed E-state index contributed by atoms with van der Waals surface area (Å²) in [4.78, 5) is 49.9. The lowest BCUT2D eigenvalue weighted by Crippen LogP contribution is -2.56. The van der Waals surface area contributed by atoms with Gasteiger partial charge in [-0.1, -0.05) is 35.3 Å². The number of hydrazine groups is 1. The topological polar surface area (TPSA) is 127 Å². The van der Waals surface area contributed by atoms with Gasteiger partial charge in [-0.05, 0) is 52.0 Å². The molecule has 0 unspecified atom stereocenters. The first-order chi connectivity index (χ1) is 16.3. The van der Waals surface area contributed by atoms with Crippen molar-refractivity contribution < 1.29 is 14.5 Å². The van der Waals surface area contributed by atoms with Crippen molar-refractivity contribution in [2.45, 2.75) is 33.2 Å². The monoisotopic (exact) mass is 517 g/mol. The zero-order valence-electron chi connectivity index (χ0n) is 19.2. The second-order valence-electron chi connectivity index (χ2n) is 8.53. The number of carbonyl (C=O) groups is 2. The van der Waals surface area contributed by atoms with E-state index in [4.69, 9.17) is 23.2 Å². The van der Waals surface area contributed by atoms with Gasteiger partial charge in [0.25, 0.3) is 17.5 Å². The summed E-state index contributed by atoms with van der Waals surface area (Å²) in [7, 11) is 0. The van der Waals surface area contributed by atoms with E-state index in [0.717, 1.165) is 15.8 Å². The molecule has 0 atom stereocenters. The Morgan fingerprint density at radius 3 is 2.37 bits per heavy atom. The lowest BCUT2D eigenvalue weighted by Gasteiger charge is -2.35. The number of hydrogen-bond donors (Lipinski definition) is 1. The highest BCUT2D eigenvalue weighted by atomic mass is 35.5. The first-order valence-corrected chi connectivity index (χ1v) is 11.0. The van der Waals surface area contributed by atoms with Crippen molar-refractivity contribution in [1.82, 2.24) is 20.2 Å². The number of halogens is 2. The SMILES string of the molecule is Cc1cc(=O)c(C(=O)NN(C(=O)c2ccc(Cl)cc2Cl)C(C)(C)C)nn1-c1ccccc1[N+](=O)[O-]. The smallest absolute Gasteiger partial charge is 0.287 e. The van der Waals surface area contributed by atoms with E-state index in [1.165, 1.54) is 43.3 Å². The van der Waals surface area contributed by atoms with Crippen LogP contribution in [0.3, 0.4) is 0 Å². The number of amides is 2. The minimum Gasteiger partial charge on any atom is -0.287 e. The number of hydrogen-bond acceptors (Lipinski definition) is 6. The first kappa shape index (κ1) is 25.9. The quantitative estimate of drug-likeness (QED) is 0.404. The van der Waals surface area contributed by atoms with Crippen LogP contribution in [0, 0.1) is 17.0 Å². The van der Waals surface area contributed by atoms with E-state index in [9.17, 15) is 24.5 Å². The molecule has 12 heteroatoms. The zero-order valence-corrected chi connectivity index (χ0v) is 20.7. The van der Waals surface area contributed by atoms with Crippen LogP contribution in [0.1, 0.15) is 47.3 Å². The Kier molecular flexibility index (Phi) is 7.27. The highest BCUT2D eigenvalue weighted by Gasteiger charge is 2.32. The molecule has 3 rings (SSSR count). The molecule has 0 saturated carbocycles. The molecule has 10 nitrogen and oxygen atoms in total. The molecule has 2 amide bonds. The maximum Gasteiger partial charge on any atom is 0.294 e. The second-order valence-corrected chi connectivity index (χ2v) is 9.38. The second kappa shape index (κ2) is 9.85. The third kappa shape index (κ3) is 5.50. The first-order valence-electron chi connectivity index (χ1n) is 10.3. The Morgan fingerprint density at radius 1 is 1.11 bits per heavy atom. The summed E-state index contributed by atoms with van der Waals surface area (Å²) in [6.45, 7) is 6.54. The van der Waals surface area contributed by atoms with Gasteiger partial charge in [-0.25, -0.2) is 9.69 Å². The molecule has 0 fully saturated rings. The molecular formula is C23H21Cl2N5O5. The standard InChI is InChI=1S/C23H21Cl2N5O5/c1-13-11-19(31)20(26-28(13)17-7-5-6-8-18(17)30(34)35)21(32)27-29(23(2,3)4)22(33)15-10-9-14(24)12-16(15)25/h5-12H,1-4H3,(H,27,32). The Labute approximate surface area is 210 Å². The number of nitro groups is 1. The number of aromatic nitrogens is 2. The van der Waals surface area contributed by atoms with Crippen LogP contribution in [0.25, 0.3) is 5.69 Å². The van der Waals surface area contributed by atoms with Gasteiger partial charge in [0.2, 0.25) is 5.43 Å². The fourth-order valence-electron chi connectivity index (χ4n) is 3.21.